The van der Waals surface area contributed by atoms with Crippen LogP contribution in [0.2, 0.25) is 5.02 Å². The summed E-state index contributed by atoms with van der Waals surface area (Å²) in [6.45, 7) is 5.44. The van der Waals surface area contributed by atoms with Crippen LogP contribution in [0.1, 0.15) is 20.8 Å². The Labute approximate surface area is 116 Å². The fourth-order valence-electron chi connectivity index (χ4n) is 1.23. The van der Waals surface area contributed by atoms with Gasteiger partial charge in [-0.3, -0.25) is 5.32 Å². The minimum absolute atomic E-state index is 0.112. The standard InChI is InChI=1S/C12H16ClFN4O/c1-12(2,3)18-11(19)17-10(15)16-9-7(13)5-4-6-8(9)14/h4-6H,1-3H3,(H4,15,16,17,18,19). The van der Waals surface area contributed by atoms with Crippen molar-refractivity contribution in [2.45, 2.75) is 26.3 Å². The molecule has 0 saturated heterocycles. The van der Waals surface area contributed by atoms with Crippen LogP contribution in [0.4, 0.5) is 14.9 Å². The Morgan fingerprint density at radius 3 is 2.58 bits per heavy atom. The van der Waals surface area contributed by atoms with Gasteiger partial charge in [0.25, 0.3) is 0 Å². The molecular formula is C12H16ClFN4O. The summed E-state index contributed by atoms with van der Waals surface area (Å²) < 4.78 is 13.4. The first-order chi connectivity index (χ1) is 8.69. The lowest BCUT2D eigenvalue weighted by molar-refractivity contribution is 0.236. The first-order valence-electron chi connectivity index (χ1n) is 5.56. The Hall–Kier alpha value is -1.82. The number of rotatable bonds is 1. The van der Waals surface area contributed by atoms with Crippen molar-refractivity contribution in [3.8, 4) is 0 Å². The molecule has 104 valence electrons. The van der Waals surface area contributed by atoms with E-state index in [1.807, 2.05) is 20.8 Å². The van der Waals surface area contributed by atoms with E-state index in [4.69, 9.17) is 17.3 Å². The van der Waals surface area contributed by atoms with Gasteiger partial charge in [-0.25, -0.2) is 14.2 Å². The van der Waals surface area contributed by atoms with Crippen molar-refractivity contribution in [2.24, 2.45) is 10.7 Å². The Kier molecular flexibility index (Phi) is 4.72. The average molecular weight is 287 g/mol. The largest absolute Gasteiger partial charge is 0.369 e. The number of nitrogens with zero attached hydrogens (tertiary/aromatic N) is 1. The highest BCUT2D eigenvalue weighted by Gasteiger charge is 2.14. The predicted octanol–water partition coefficient (Wildman–Crippen LogP) is 2.52. The maximum absolute atomic E-state index is 13.4. The molecule has 0 heterocycles. The minimum atomic E-state index is -0.617. The number of halogens is 2. The summed E-state index contributed by atoms with van der Waals surface area (Å²) in [5.74, 6) is -0.859. The molecule has 0 saturated carbocycles. The van der Waals surface area contributed by atoms with Gasteiger partial charge in [0.2, 0.25) is 5.96 Å². The second-order valence-electron chi connectivity index (χ2n) is 4.90. The second kappa shape index (κ2) is 5.88. The molecule has 1 aromatic rings. The summed E-state index contributed by atoms with van der Waals surface area (Å²) in [5, 5.41) is 5.03. The van der Waals surface area contributed by atoms with Gasteiger partial charge in [-0.15, -0.1) is 0 Å². The topological polar surface area (TPSA) is 79.5 Å². The van der Waals surface area contributed by atoms with Crippen molar-refractivity contribution >= 4 is 29.3 Å². The number of hydrogen-bond donors (Lipinski definition) is 3. The Morgan fingerprint density at radius 2 is 2.05 bits per heavy atom. The summed E-state index contributed by atoms with van der Waals surface area (Å²) in [4.78, 5) is 15.3. The Bertz CT molecular complexity index is 491. The van der Waals surface area contributed by atoms with Gasteiger partial charge in [0.1, 0.15) is 11.5 Å². The summed E-state index contributed by atoms with van der Waals surface area (Å²) in [6.07, 6.45) is 0. The van der Waals surface area contributed by atoms with Crippen LogP contribution in [0.5, 0.6) is 0 Å². The molecular weight excluding hydrogens is 271 g/mol. The number of urea groups is 1. The van der Waals surface area contributed by atoms with Crippen molar-refractivity contribution in [3.05, 3.63) is 29.0 Å². The number of guanidine groups is 1. The van der Waals surface area contributed by atoms with Crippen LogP contribution in [-0.2, 0) is 0 Å². The molecule has 7 heteroatoms. The number of carbonyl (C=O) groups is 1. The summed E-state index contributed by atoms with van der Waals surface area (Å²) >= 11 is 5.79. The summed E-state index contributed by atoms with van der Waals surface area (Å²) in [7, 11) is 0. The molecule has 0 spiro atoms. The predicted molar refractivity (Wildman–Crippen MR) is 74.1 cm³/mol. The van der Waals surface area contributed by atoms with Gasteiger partial charge in [-0.2, -0.15) is 0 Å². The molecule has 0 atom stereocenters. The van der Waals surface area contributed by atoms with Gasteiger partial charge >= 0.3 is 6.03 Å². The van der Waals surface area contributed by atoms with Crippen LogP contribution >= 0.6 is 11.6 Å². The molecule has 0 radical (unpaired) electrons. The number of para-hydroxylation sites is 1. The van der Waals surface area contributed by atoms with Crippen LogP contribution in [0.25, 0.3) is 0 Å². The van der Waals surface area contributed by atoms with Crippen LogP contribution in [0, 0.1) is 5.82 Å². The molecule has 5 nitrogen and oxygen atoms in total. The van der Waals surface area contributed by atoms with Gasteiger partial charge < -0.3 is 11.1 Å². The fourth-order valence-corrected chi connectivity index (χ4v) is 1.44. The molecule has 0 aliphatic rings. The zero-order valence-electron chi connectivity index (χ0n) is 10.9. The number of nitrogens with two attached hydrogens (primary N) is 1. The molecule has 4 N–H and O–H groups in total. The lowest BCUT2D eigenvalue weighted by atomic mass is 10.1. The van der Waals surface area contributed by atoms with Crippen molar-refractivity contribution in [2.75, 3.05) is 0 Å². The molecule has 0 aliphatic carbocycles. The van der Waals surface area contributed by atoms with Crippen molar-refractivity contribution < 1.29 is 9.18 Å². The first-order valence-corrected chi connectivity index (χ1v) is 5.94. The molecule has 0 unspecified atom stereocenters. The highest BCUT2D eigenvalue weighted by atomic mass is 35.5. The van der Waals surface area contributed by atoms with Crippen molar-refractivity contribution in [3.63, 3.8) is 0 Å². The number of hydrogen-bond acceptors (Lipinski definition) is 2. The number of aliphatic imine (C=N–C) groups is 1. The van der Waals surface area contributed by atoms with Crippen LogP contribution in [0.3, 0.4) is 0 Å². The first kappa shape index (κ1) is 15.2. The third-order valence-corrected chi connectivity index (χ3v) is 2.20. The Balaban J connectivity index is 2.81. The minimum Gasteiger partial charge on any atom is -0.369 e. The van der Waals surface area contributed by atoms with Gasteiger partial charge in [-0.05, 0) is 32.9 Å². The lowest BCUT2D eigenvalue weighted by Crippen LogP contribution is -2.50. The second-order valence-corrected chi connectivity index (χ2v) is 5.30. The van der Waals surface area contributed by atoms with E-state index in [0.717, 1.165) is 0 Å². The SMILES string of the molecule is CC(C)(C)NC(=O)NC(N)=Nc1c(F)cccc1Cl. The van der Waals surface area contributed by atoms with E-state index in [9.17, 15) is 9.18 Å². The van der Waals surface area contributed by atoms with E-state index in [2.05, 4.69) is 15.6 Å². The zero-order chi connectivity index (χ0) is 14.6. The molecule has 0 aromatic heterocycles. The van der Waals surface area contributed by atoms with Crippen LogP contribution in [0.15, 0.2) is 23.2 Å². The van der Waals surface area contributed by atoms with Gasteiger partial charge in [-0.1, -0.05) is 17.7 Å². The van der Waals surface area contributed by atoms with E-state index in [0.29, 0.717) is 0 Å². The molecule has 0 aliphatic heterocycles. The number of nitrogens with one attached hydrogen (secondary N) is 2. The number of amides is 2. The maximum Gasteiger partial charge on any atom is 0.321 e. The highest BCUT2D eigenvalue weighted by Crippen LogP contribution is 2.27. The molecule has 19 heavy (non-hydrogen) atoms. The van der Waals surface area contributed by atoms with E-state index >= 15 is 0 Å². The van der Waals surface area contributed by atoms with Gasteiger partial charge in [0.15, 0.2) is 0 Å². The molecule has 1 aromatic carbocycles. The van der Waals surface area contributed by atoms with E-state index in [-0.39, 0.29) is 16.7 Å². The molecule has 2 amide bonds. The van der Waals surface area contributed by atoms with E-state index in [1.165, 1.54) is 18.2 Å². The fraction of sp³-hybridized carbons (Fsp3) is 0.333. The maximum atomic E-state index is 13.4. The van der Waals surface area contributed by atoms with Crippen LogP contribution in [-0.4, -0.2) is 17.5 Å². The molecule has 0 fully saturated rings. The quantitative estimate of drug-likeness (QED) is 0.548. The summed E-state index contributed by atoms with van der Waals surface area (Å²) in [6, 6.07) is 3.60. The molecule has 1 rings (SSSR count). The van der Waals surface area contributed by atoms with Gasteiger partial charge in [0.05, 0.1) is 5.02 Å². The van der Waals surface area contributed by atoms with Crippen LogP contribution < -0.4 is 16.4 Å². The summed E-state index contributed by atoms with van der Waals surface area (Å²) in [5.41, 5.74) is 4.99. The normalized spacial score (nSPS) is 12.2. The van der Waals surface area contributed by atoms with Gasteiger partial charge in [0, 0.05) is 5.54 Å². The zero-order valence-corrected chi connectivity index (χ0v) is 11.7. The monoisotopic (exact) mass is 286 g/mol. The lowest BCUT2D eigenvalue weighted by Gasteiger charge is -2.20. The molecule has 0 bridgehead atoms. The van der Waals surface area contributed by atoms with Crippen molar-refractivity contribution in [1.29, 1.82) is 0 Å². The smallest absolute Gasteiger partial charge is 0.321 e. The average Bonchev–Trinajstić information content (AvgIpc) is 2.20. The number of benzene rings is 1. The number of carbonyl (C=O) groups excluding carboxylic acids is 1. The van der Waals surface area contributed by atoms with E-state index in [1.54, 1.807) is 0 Å². The highest BCUT2D eigenvalue weighted by molar-refractivity contribution is 6.33. The Morgan fingerprint density at radius 1 is 1.42 bits per heavy atom. The van der Waals surface area contributed by atoms with E-state index < -0.39 is 17.4 Å². The third-order valence-electron chi connectivity index (χ3n) is 1.90. The van der Waals surface area contributed by atoms with Crippen molar-refractivity contribution in [1.82, 2.24) is 10.6 Å². The third kappa shape index (κ3) is 5.13.